The van der Waals surface area contributed by atoms with Gasteiger partial charge in [-0.15, -0.1) is 0 Å². The molecule has 94 valence electrons. The highest BCUT2D eigenvalue weighted by molar-refractivity contribution is 5.66. The van der Waals surface area contributed by atoms with Crippen LogP contribution in [0.15, 0.2) is 23.8 Å². The van der Waals surface area contributed by atoms with Gasteiger partial charge in [0.2, 0.25) is 0 Å². The third-order valence-electron chi connectivity index (χ3n) is 3.07. The molecule has 1 aliphatic heterocycles. The zero-order valence-corrected chi connectivity index (χ0v) is 11.0. The van der Waals surface area contributed by atoms with E-state index in [0.29, 0.717) is 18.8 Å². The predicted octanol–water partition coefficient (Wildman–Crippen LogP) is 3.15. The Bertz CT molecular complexity index is 524. The second-order valence-corrected chi connectivity index (χ2v) is 4.78. The van der Waals surface area contributed by atoms with Crippen molar-refractivity contribution in [2.45, 2.75) is 26.4 Å². The van der Waals surface area contributed by atoms with E-state index in [1.54, 1.807) is 6.07 Å². The Morgan fingerprint density at radius 3 is 2.83 bits per heavy atom. The molecule has 0 unspecified atom stereocenters. The first-order valence-electron chi connectivity index (χ1n) is 6.09. The summed E-state index contributed by atoms with van der Waals surface area (Å²) < 4.78 is 11.4. The van der Waals surface area contributed by atoms with Crippen LogP contribution in [0.1, 0.15) is 31.9 Å². The Morgan fingerprint density at radius 1 is 1.39 bits per heavy atom. The van der Waals surface area contributed by atoms with Crippen molar-refractivity contribution in [3.8, 4) is 11.8 Å². The lowest BCUT2D eigenvalue weighted by Crippen LogP contribution is -2.35. The van der Waals surface area contributed by atoms with Crippen molar-refractivity contribution in [1.82, 2.24) is 0 Å². The van der Waals surface area contributed by atoms with E-state index in [1.807, 2.05) is 32.9 Å². The zero-order valence-electron chi connectivity index (χ0n) is 11.0. The molecule has 1 aromatic rings. The molecule has 0 N–H and O–H groups in total. The number of fused-ring (bicyclic) bond motifs is 1. The predicted molar refractivity (Wildman–Crippen MR) is 70.3 cm³/mol. The van der Waals surface area contributed by atoms with E-state index in [-0.39, 0.29) is 5.60 Å². The average Bonchev–Trinajstić information content (AvgIpc) is 2.35. The van der Waals surface area contributed by atoms with Gasteiger partial charge in [0.15, 0.2) is 0 Å². The maximum atomic E-state index is 8.91. The van der Waals surface area contributed by atoms with Gasteiger partial charge < -0.3 is 9.47 Å². The van der Waals surface area contributed by atoms with E-state index >= 15 is 0 Å². The third kappa shape index (κ3) is 2.39. The first kappa shape index (κ1) is 12.7. The molecule has 0 saturated heterocycles. The lowest BCUT2D eigenvalue weighted by atomic mass is 9.92. The number of hydrogen-bond donors (Lipinski definition) is 0. The fraction of sp³-hybridized carbons (Fsp3) is 0.400. The molecular formula is C15H17NO2. The van der Waals surface area contributed by atoms with Crippen LogP contribution in [0.3, 0.4) is 0 Å². The highest BCUT2D eigenvalue weighted by Crippen LogP contribution is 2.35. The van der Waals surface area contributed by atoms with Crippen LogP contribution in [0.2, 0.25) is 0 Å². The smallest absolute Gasteiger partial charge is 0.127 e. The quantitative estimate of drug-likeness (QED) is 0.819. The summed E-state index contributed by atoms with van der Waals surface area (Å²) in [5, 5.41) is 8.91. The van der Waals surface area contributed by atoms with Crippen molar-refractivity contribution < 1.29 is 9.47 Å². The largest absolute Gasteiger partial charge is 0.483 e. The van der Waals surface area contributed by atoms with Gasteiger partial charge in [-0.2, -0.15) is 5.26 Å². The van der Waals surface area contributed by atoms with E-state index in [9.17, 15) is 0 Å². The van der Waals surface area contributed by atoms with Crippen LogP contribution < -0.4 is 4.74 Å². The fourth-order valence-electron chi connectivity index (χ4n) is 1.95. The normalized spacial score (nSPS) is 16.2. The summed E-state index contributed by atoms with van der Waals surface area (Å²) in [5.41, 5.74) is 2.31. The van der Waals surface area contributed by atoms with Gasteiger partial charge in [-0.25, -0.2) is 0 Å². The van der Waals surface area contributed by atoms with Gasteiger partial charge in [0.25, 0.3) is 0 Å². The Balaban J connectivity index is 2.39. The first-order valence-corrected chi connectivity index (χ1v) is 6.09. The molecule has 0 saturated carbocycles. The van der Waals surface area contributed by atoms with E-state index in [1.165, 1.54) is 0 Å². The van der Waals surface area contributed by atoms with Crippen LogP contribution in [0.4, 0.5) is 0 Å². The van der Waals surface area contributed by atoms with Crippen molar-refractivity contribution in [2.24, 2.45) is 0 Å². The molecular weight excluding hydrogens is 226 g/mol. The molecule has 3 heteroatoms. The van der Waals surface area contributed by atoms with Gasteiger partial charge in [0, 0.05) is 12.2 Å². The van der Waals surface area contributed by atoms with Crippen LogP contribution in [-0.4, -0.2) is 18.8 Å². The van der Waals surface area contributed by atoms with Crippen LogP contribution in [0, 0.1) is 11.3 Å². The van der Waals surface area contributed by atoms with Crippen molar-refractivity contribution in [1.29, 1.82) is 5.26 Å². The molecule has 18 heavy (non-hydrogen) atoms. The molecule has 0 bridgehead atoms. The highest BCUT2D eigenvalue weighted by atomic mass is 16.5. The van der Waals surface area contributed by atoms with Crippen molar-refractivity contribution >= 4 is 6.08 Å². The maximum Gasteiger partial charge on any atom is 0.127 e. The van der Waals surface area contributed by atoms with Crippen molar-refractivity contribution in [3.05, 3.63) is 34.9 Å². The highest BCUT2D eigenvalue weighted by Gasteiger charge is 2.30. The van der Waals surface area contributed by atoms with Crippen LogP contribution in [0.5, 0.6) is 5.75 Å². The van der Waals surface area contributed by atoms with Gasteiger partial charge >= 0.3 is 0 Å². The molecule has 0 spiro atoms. The second kappa shape index (κ2) is 4.83. The van der Waals surface area contributed by atoms with E-state index in [4.69, 9.17) is 14.7 Å². The standard InChI is InChI=1S/C15H17NO2/c1-4-17-10-13-8-12-7-11(9-16)5-6-14(12)18-15(13,2)3/h5-8H,4,10H2,1-3H3. The van der Waals surface area contributed by atoms with Crippen molar-refractivity contribution in [3.63, 3.8) is 0 Å². The molecule has 0 aliphatic carbocycles. The SMILES string of the molecule is CCOCC1=Cc2cc(C#N)ccc2OC1(C)C. The molecule has 0 aromatic heterocycles. The van der Waals surface area contributed by atoms with E-state index in [0.717, 1.165) is 16.9 Å². The number of benzene rings is 1. The maximum absolute atomic E-state index is 8.91. The fourth-order valence-corrected chi connectivity index (χ4v) is 1.95. The first-order chi connectivity index (χ1) is 8.56. The molecule has 1 aliphatic rings. The minimum atomic E-state index is -0.365. The van der Waals surface area contributed by atoms with E-state index < -0.39 is 0 Å². The van der Waals surface area contributed by atoms with Gasteiger partial charge in [0.05, 0.1) is 18.2 Å². The number of rotatable bonds is 3. The van der Waals surface area contributed by atoms with Crippen LogP contribution in [-0.2, 0) is 4.74 Å². The molecule has 0 radical (unpaired) electrons. The number of hydrogen-bond acceptors (Lipinski definition) is 3. The van der Waals surface area contributed by atoms with Gasteiger partial charge in [-0.3, -0.25) is 0 Å². The molecule has 2 rings (SSSR count). The topological polar surface area (TPSA) is 42.2 Å². The Morgan fingerprint density at radius 2 is 2.17 bits per heavy atom. The van der Waals surface area contributed by atoms with Crippen molar-refractivity contribution in [2.75, 3.05) is 13.2 Å². The number of nitrogens with zero attached hydrogens (tertiary/aromatic N) is 1. The average molecular weight is 243 g/mol. The second-order valence-electron chi connectivity index (χ2n) is 4.78. The third-order valence-corrected chi connectivity index (χ3v) is 3.07. The molecule has 1 aromatic carbocycles. The van der Waals surface area contributed by atoms with Gasteiger partial charge in [-0.1, -0.05) is 0 Å². The summed E-state index contributed by atoms with van der Waals surface area (Å²) in [6.07, 6.45) is 2.06. The molecule has 1 heterocycles. The summed E-state index contributed by atoms with van der Waals surface area (Å²) >= 11 is 0. The van der Waals surface area contributed by atoms with Crippen LogP contribution in [0.25, 0.3) is 6.08 Å². The molecule has 0 amide bonds. The monoisotopic (exact) mass is 243 g/mol. The summed E-state index contributed by atoms with van der Waals surface area (Å²) in [6, 6.07) is 7.61. The Labute approximate surface area is 108 Å². The number of ether oxygens (including phenoxy) is 2. The Kier molecular flexibility index (Phi) is 3.40. The summed E-state index contributed by atoms with van der Waals surface area (Å²) in [5.74, 6) is 0.819. The summed E-state index contributed by atoms with van der Waals surface area (Å²) in [4.78, 5) is 0. The molecule has 3 nitrogen and oxygen atoms in total. The lowest BCUT2D eigenvalue weighted by Gasteiger charge is -2.34. The molecule has 0 fully saturated rings. The van der Waals surface area contributed by atoms with Crippen LogP contribution >= 0.6 is 0 Å². The van der Waals surface area contributed by atoms with Gasteiger partial charge in [0.1, 0.15) is 11.4 Å². The summed E-state index contributed by atoms with van der Waals surface area (Å²) in [7, 11) is 0. The Hall–Kier alpha value is -1.79. The van der Waals surface area contributed by atoms with E-state index in [2.05, 4.69) is 12.1 Å². The minimum absolute atomic E-state index is 0.365. The summed E-state index contributed by atoms with van der Waals surface area (Å²) in [6.45, 7) is 7.26. The zero-order chi connectivity index (χ0) is 13.2. The number of nitriles is 1. The minimum Gasteiger partial charge on any atom is -0.483 e. The lowest BCUT2D eigenvalue weighted by molar-refractivity contribution is 0.102. The van der Waals surface area contributed by atoms with Gasteiger partial charge in [-0.05, 0) is 50.6 Å². The molecule has 0 atom stereocenters.